The number of hydrogen-bond donors (Lipinski definition) is 1. The molecule has 0 aliphatic carbocycles. The molecular weight excluding hydrogens is 408 g/mol. The largest absolute Gasteiger partial charge is 0.491 e. The van der Waals surface area contributed by atoms with E-state index in [4.69, 9.17) is 9.47 Å². The third-order valence-corrected chi connectivity index (χ3v) is 5.73. The van der Waals surface area contributed by atoms with Gasteiger partial charge in [0.2, 0.25) is 0 Å². The highest BCUT2D eigenvalue weighted by Crippen LogP contribution is 2.34. The molecule has 1 atom stereocenters. The van der Waals surface area contributed by atoms with Crippen molar-refractivity contribution in [2.24, 2.45) is 5.92 Å². The molecule has 2 amide bonds. The van der Waals surface area contributed by atoms with Gasteiger partial charge in [-0.25, -0.2) is 0 Å². The Kier molecular flexibility index (Phi) is 8.32. The fourth-order valence-electron chi connectivity index (χ4n) is 4.25. The van der Waals surface area contributed by atoms with Crippen LogP contribution in [0.5, 0.6) is 5.75 Å². The molecule has 1 unspecified atom stereocenters. The molecule has 7 heteroatoms. The number of ether oxygens (including phenoxy) is 2. The zero-order valence-electron chi connectivity index (χ0n) is 19.7. The van der Waals surface area contributed by atoms with Gasteiger partial charge in [0.15, 0.2) is 0 Å². The first-order valence-corrected chi connectivity index (χ1v) is 11.7. The van der Waals surface area contributed by atoms with Crippen molar-refractivity contribution in [2.75, 3.05) is 32.8 Å². The minimum Gasteiger partial charge on any atom is -0.491 e. The van der Waals surface area contributed by atoms with E-state index in [1.54, 1.807) is 0 Å². The van der Waals surface area contributed by atoms with Crippen molar-refractivity contribution >= 4 is 17.4 Å². The number of benzene rings is 1. The topological polar surface area (TPSA) is 79.3 Å². The SMILES string of the molecule is CC(C)OCCCN1C(=O)C(c2ccc(OC(C)C)cc2)=C(N2CCCC(CO)C2)C1=O. The van der Waals surface area contributed by atoms with E-state index in [9.17, 15) is 14.7 Å². The summed E-state index contributed by atoms with van der Waals surface area (Å²) in [6.07, 6.45) is 2.57. The highest BCUT2D eigenvalue weighted by atomic mass is 16.5. The van der Waals surface area contributed by atoms with Crippen molar-refractivity contribution in [1.82, 2.24) is 9.80 Å². The maximum Gasteiger partial charge on any atom is 0.277 e. The Morgan fingerprint density at radius 3 is 2.41 bits per heavy atom. The first-order valence-electron chi connectivity index (χ1n) is 11.7. The fraction of sp³-hybridized carbons (Fsp3) is 0.600. The molecular formula is C25H36N2O5. The van der Waals surface area contributed by atoms with E-state index in [-0.39, 0.29) is 36.5 Å². The Balaban J connectivity index is 1.88. The summed E-state index contributed by atoms with van der Waals surface area (Å²) in [5.74, 6) is 0.313. The van der Waals surface area contributed by atoms with Crippen LogP contribution in [0.2, 0.25) is 0 Å². The van der Waals surface area contributed by atoms with Gasteiger partial charge in [-0.15, -0.1) is 0 Å². The van der Waals surface area contributed by atoms with Gasteiger partial charge in [0, 0.05) is 32.8 Å². The molecule has 2 heterocycles. The van der Waals surface area contributed by atoms with E-state index in [2.05, 4.69) is 0 Å². The van der Waals surface area contributed by atoms with Crippen LogP contribution in [0, 0.1) is 5.92 Å². The van der Waals surface area contributed by atoms with Gasteiger partial charge in [-0.05, 0) is 70.6 Å². The fourth-order valence-corrected chi connectivity index (χ4v) is 4.25. The van der Waals surface area contributed by atoms with E-state index >= 15 is 0 Å². The molecule has 0 aromatic heterocycles. The smallest absolute Gasteiger partial charge is 0.277 e. The van der Waals surface area contributed by atoms with Crippen molar-refractivity contribution in [1.29, 1.82) is 0 Å². The summed E-state index contributed by atoms with van der Waals surface area (Å²) in [6, 6.07) is 7.36. The van der Waals surface area contributed by atoms with Crippen molar-refractivity contribution < 1.29 is 24.2 Å². The standard InChI is InChI=1S/C25H36N2O5/c1-17(2)31-14-6-13-27-24(29)22(20-8-10-21(11-9-20)32-18(3)4)23(25(27)30)26-12-5-7-19(15-26)16-28/h8-11,17-19,28H,5-7,12-16H2,1-4H3. The monoisotopic (exact) mass is 444 g/mol. The molecule has 1 aromatic carbocycles. The van der Waals surface area contributed by atoms with Gasteiger partial charge in [-0.1, -0.05) is 12.1 Å². The van der Waals surface area contributed by atoms with E-state index in [0.717, 1.165) is 18.6 Å². The molecule has 0 bridgehead atoms. The highest BCUT2D eigenvalue weighted by Gasteiger charge is 2.42. The molecule has 1 N–H and O–H groups in total. The first kappa shape index (κ1) is 24.3. The van der Waals surface area contributed by atoms with E-state index in [1.807, 2.05) is 56.9 Å². The number of likely N-dealkylation sites (tertiary alicyclic amines) is 1. The Morgan fingerprint density at radius 1 is 1.06 bits per heavy atom. The summed E-state index contributed by atoms with van der Waals surface area (Å²) >= 11 is 0. The number of imide groups is 1. The number of amides is 2. The maximum atomic E-state index is 13.4. The lowest BCUT2D eigenvalue weighted by molar-refractivity contribution is -0.138. The van der Waals surface area contributed by atoms with Crippen molar-refractivity contribution in [3.05, 3.63) is 35.5 Å². The quantitative estimate of drug-likeness (QED) is 0.441. The lowest BCUT2D eigenvalue weighted by Crippen LogP contribution is -2.41. The summed E-state index contributed by atoms with van der Waals surface area (Å²) in [7, 11) is 0. The molecule has 2 aliphatic rings. The van der Waals surface area contributed by atoms with Crippen LogP contribution in [0.25, 0.3) is 5.57 Å². The molecule has 1 saturated heterocycles. The van der Waals surface area contributed by atoms with Gasteiger partial charge in [-0.3, -0.25) is 14.5 Å². The number of carbonyl (C=O) groups is 2. The number of piperidine rings is 1. The van der Waals surface area contributed by atoms with Crippen LogP contribution in [-0.2, 0) is 14.3 Å². The Morgan fingerprint density at radius 2 is 1.78 bits per heavy atom. The molecule has 0 radical (unpaired) electrons. The Labute approximate surface area is 191 Å². The zero-order valence-corrected chi connectivity index (χ0v) is 19.7. The minimum absolute atomic E-state index is 0.0534. The van der Waals surface area contributed by atoms with E-state index in [1.165, 1.54) is 4.90 Å². The summed E-state index contributed by atoms with van der Waals surface area (Å²) in [5.41, 5.74) is 1.60. The molecule has 1 fully saturated rings. The summed E-state index contributed by atoms with van der Waals surface area (Å²) < 4.78 is 11.3. The summed E-state index contributed by atoms with van der Waals surface area (Å²) in [5, 5.41) is 9.66. The maximum absolute atomic E-state index is 13.4. The minimum atomic E-state index is -0.266. The molecule has 2 aliphatic heterocycles. The van der Waals surface area contributed by atoms with Gasteiger partial charge in [0.1, 0.15) is 11.4 Å². The van der Waals surface area contributed by atoms with Crippen molar-refractivity contribution in [3.8, 4) is 5.75 Å². The predicted molar refractivity (Wildman–Crippen MR) is 123 cm³/mol. The van der Waals surface area contributed by atoms with Gasteiger partial charge in [0.05, 0.1) is 17.8 Å². The second kappa shape index (κ2) is 11.0. The lowest BCUT2D eigenvalue weighted by atomic mass is 9.97. The van der Waals surface area contributed by atoms with Crippen LogP contribution >= 0.6 is 0 Å². The molecule has 7 nitrogen and oxygen atoms in total. The van der Waals surface area contributed by atoms with Gasteiger partial charge in [0.25, 0.3) is 11.8 Å². The molecule has 32 heavy (non-hydrogen) atoms. The van der Waals surface area contributed by atoms with Crippen molar-refractivity contribution in [3.63, 3.8) is 0 Å². The molecule has 0 spiro atoms. The molecule has 176 valence electrons. The summed E-state index contributed by atoms with van der Waals surface area (Å²) in [4.78, 5) is 30.2. The normalized spacial score (nSPS) is 19.7. The second-order valence-corrected chi connectivity index (χ2v) is 9.09. The Bertz CT molecular complexity index is 831. The number of aliphatic hydroxyl groups excluding tert-OH is 1. The number of hydrogen-bond acceptors (Lipinski definition) is 6. The highest BCUT2D eigenvalue weighted by molar-refractivity contribution is 6.35. The van der Waals surface area contributed by atoms with Gasteiger partial charge in [-0.2, -0.15) is 0 Å². The number of nitrogens with zero attached hydrogens (tertiary/aromatic N) is 2. The van der Waals surface area contributed by atoms with Crippen LogP contribution in [-0.4, -0.2) is 71.8 Å². The van der Waals surface area contributed by atoms with E-state index in [0.29, 0.717) is 49.5 Å². The predicted octanol–water partition coefficient (Wildman–Crippen LogP) is 3.07. The van der Waals surface area contributed by atoms with Crippen LogP contribution in [0.15, 0.2) is 30.0 Å². The van der Waals surface area contributed by atoms with E-state index < -0.39 is 0 Å². The number of aliphatic hydroxyl groups is 1. The van der Waals surface area contributed by atoms with Crippen LogP contribution in [0.1, 0.15) is 52.5 Å². The zero-order chi connectivity index (χ0) is 23.3. The average molecular weight is 445 g/mol. The third kappa shape index (κ3) is 5.70. The molecule has 3 rings (SSSR count). The van der Waals surface area contributed by atoms with Crippen LogP contribution in [0.4, 0.5) is 0 Å². The summed E-state index contributed by atoms with van der Waals surface area (Å²) in [6.45, 7) is 10.0. The molecule has 0 saturated carbocycles. The number of rotatable bonds is 10. The third-order valence-electron chi connectivity index (χ3n) is 5.73. The van der Waals surface area contributed by atoms with Gasteiger partial charge >= 0.3 is 0 Å². The van der Waals surface area contributed by atoms with Gasteiger partial charge < -0.3 is 19.5 Å². The average Bonchev–Trinajstić information content (AvgIpc) is 3.01. The van der Waals surface area contributed by atoms with Crippen LogP contribution in [0.3, 0.4) is 0 Å². The van der Waals surface area contributed by atoms with Crippen molar-refractivity contribution in [2.45, 2.75) is 59.2 Å². The lowest BCUT2D eigenvalue weighted by Gasteiger charge is -2.34. The Hall–Kier alpha value is -2.38. The number of carbonyl (C=O) groups excluding carboxylic acids is 2. The van der Waals surface area contributed by atoms with Crippen LogP contribution < -0.4 is 4.74 Å². The first-order chi connectivity index (χ1) is 15.3. The second-order valence-electron chi connectivity index (χ2n) is 9.09. The molecule has 1 aromatic rings.